The van der Waals surface area contributed by atoms with Crippen molar-refractivity contribution >= 4 is 17.6 Å². The number of carbonyl (C=O) groups excluding carboxylic acids is 2. The summed E-state index contributed by atoms with van der Waals surface area (Å²) >= 11 is 0. The Morgan fingerprint density at radius 2 is 1.81 bits per heavy atom. The van der Waals surface area contributed by atoms with Gasteiger partial charge in [-0.3, -0.25) is 9.59 Å². The number of aromatic nitrogens is 1. The van der Waals surface area contributed by atoms with Crippen LogP contribution in [0.25, 0.3) is 11.1 Å². The number of methoxy groups -OCH3 is 2. The van der Waals surface area contributed by atoms with Crippen molar-refractivity contribution in [3.05, 3.63) is 55.0 Å². The van der Waals surface area contributed by atoms with Crippen LogP contribution in [0.3, 0.4) is 0 Å². The van der Waals surface area contributed by atoms with Gasteiger partial charge in [0.15, 0.2) is 0 Å². The number of esters is 1. The van der Waals surface area contributed by atoms with Crippen LogP contribution in [0.5, 0.6) is 5.88 Å². The van der Waals surface area contributed by atoms with E-state index in [1.807, 2.05) is 36.4 Å². The van der Waals surface area contributed by atoms with Gasteiger partial charge in [-0.25, -0.2) is 9.37 Å². The van der Waals surface area contributed by atoms with E-state index in [9.17, 15) is 14.0 Å². The Hall–Kier alpha value is -3.22. The molecule has 0 saturated heterocycles. The van der Waals surface area contributed by atoms with Gasteiger partial charge in [-0.05, 0) is 42.2 Å². The first-order valence-corrected chi connectivity index (χ1v) is 10.3. The molecule has 2 rings (SSSR count). The number of halogens is 1. The Bertz CT molecular complexity index is 901. The summed E-state index contributed by atoms with van der Waals surface area (Å²) in [7, 11) is 2.93. The molecule has 0 aliphatic rings. The van der Waals surface area contributed by atoms with Crippen molar-refractivity contribution in [1.82, 2.24) is 4.98 Å². The Labute approximate surface area is 182 Å². The molecule has 7 heteroatoms. The molecule has 1 amide bonds. The first kappa shape index (κ1) is 24.1. The van der Waals surface area contributed by atoms with E-state index in [-0.39, 0.29) is 24.7 Å². The number of ether oxygens (including phenoxy) is 2. The van der Waals surface area contributed by atoms with Gasteiger partial charge in [0.1, 0.15) is 0 Å². The lowest BCUT2D eigenvalue weighted by molar-refractivity contribution is -0.140. The van der Waals surface area contributed by atoms with Gasteiger partial charge in [0.05, 0.1) is 20.0 Å². The van der Waals surface area contributed by atoms with Crippen LogP contribution in [0, 0.1) is 0 Å². The summed E-state index contributed by atoms with van der Waals surface area (Å²) in [5.74, 6) is -0.419. The molecule has 0 aliphatic heterocycles. The van der Waals surface area contributed by atoms with Gasteiger partial charge in [0, 0.05) is 43.8 Å². The Morgan fingerprint density at radius 3 is 2.52 bits per heavy atom. The summed E-state index contributed by atoms with van der Waals surface area (Å²) in [6.07, 6.45) is 4.24. The maximum Gasteiger partial charge on any atom is 0.305 e. The van der Waals surface area contributed by atoms with E-state index in [0.29, 0.717) is 31.7 Å². The zero-order chi connectivity index (χ0) is 22.6. The van der Waals surface area contributed by atoms with E-state index in [4.69, 9.17) is 4.74 Å². The van der Waals surface area contributed by atoms with Crippen LogP contribution in [0.15, 0.2) is 55.0 Å². The fraction of sp³-hybridized carbons (Fsp3) is 0.375. The summed E-state index contributed by atoms with van der Waals surface area (Å²) in [5, 5.41) is 0. The highest BCUT2D eigenvalue weighted by Crippen LogP contribution is 2.27. The van der Waals surface area contributed by atoms with Crippen LogP contribution in [-0.4, -0.2) is 37.6 Å². The smallest absolute Gasteiger partial charge is 0.305 e. The second-order valence-electron chi connectivity index (χ2n) is 7.09. The zero-order valence-corrected chi connectivity index (χ0v) is 18.1. The molecule has 0 saturated carbocycles. The zero-order valence-electron chi connectivity index (χ0n) is 18.1. The Morgan fingerprint density at radius 1 is 1.03 bits per heavy atom. The largest absolute Gasteiger partial charge is 0.481 e. The number of benzene rings is 1. The minimum atomic E-state index is -0.510. The van der Waals surface area contributed by atoms with Crippen LogP contribution in [0.2, 0.25) is 0 Å². The molecule has 0 N–H and O–H groups in total. The predicted octanol–water partition coefficient (Wildman–Crippen LogP) is 5.09. The van der Waals surface area contributed by atoms with Gasteiger partial charge in [-0.1, -0.05) is 25.1 Å². The first-order chi connectivity index (χ1) is 14.9. The SMILES string of the molecule is C=C(F)CCC(=O)N(CCCCCC(=O)OC)c1cccc(-c2ccnc(OC)c2)c1. The van der Waals surface area contributed by atoms with Gasteiger partial charge in [0.25, 0.3) is 0 Å². The van der Waals surface area contributed by atoms with E-state index in [1.54, 1.807) is 18.2 Å². The highest BCUT2D eigenvalue weighted by atomic mass is 19.1. The van der Waals surface area contributed by atoms with Gasteiger partial charge in [-0.2, -0.15) is 0 Å². The van der Waals surface area contributed by atoms with E-state index >= 15 is 0 Å². The number of hydrogen-bond acceptors (Lipinski definition) is 5. The van der Waals surface area contributed by atoms with Crippen molar-refractivity contribution < 1.29 is 23.5 Å². The monoisotopic (exact) mass is 428 g/mol. The molecule has 0 bridgehead atoms. The molecule has 2 aromatic rings. The highest BCUT2D eigenvalue weighted by Gasteiger charge is 2.17. The van der Waals surface area contributed by atoms with Crippen molar-refractivity contribution in [2.24, 2.45) is 0 Å². The maximum atomic E-state index is 13.1. The summed E-state index contributed by atoms with van der Waals surface area (Å²) < 4.78 is 23.0. The Balaban J connectivity index is 2.16. The number of nitrogens with zero attached hydrogens (tertiary/aromatic N) is 2. The van der Waals surface area contributed by atoms with Crippen molar-refractivity contribution in [2.45, 2.75) is 38.5 Å². The van der Waals surface area contributed by atoms with Crippen LogP contribution < -0.4 is 9.64 Å². The predicted molar refractivity (Wildman–Crippen MR) is 119 cm³/mol. The Kier molecular flexibility index (Phi) is 9.68. The lowest BCUT2D eigenvalue weighted by Crippen LogP contribution is -2.31. The number of anilines is 1. The molecule has 6 nitrogen and oxygen atoms in total. The van der Waals surface area contributed by atoms with E-state index < -0.39 is 5.83 Å². The fourth-order valence-electron chi connectivity index (χ4n) is 3.15. The van der Waals surface area contributed by atoms with Crippen LogP contribution >= 0.6 is 0 Å². The number of amides is 1. The van der Waals surface area contributed by atoms with Gasteiger partial charge < -0.3 is 14.4 Å². The molecule has 166 valence electrons. The fourth-order valence-corrected chi connectivity index (χ4v) is 3.15. The quantitative estimate of drug-likeness (QED) is 0.348. The summed E-state index contributed by atoms with van der Waals surface area (Å²) in [6, 6.07) is 11.3. The highest BCUT2D eigenvalue weighted by molar-refractivity contribution is 5.94. The molecular weight excluding hydrogens is 399 g/mol. The second-order valence-corrected chi connectivity index (χ2v) is 7.09. The van der Waals surface area contributed by atoms with E-state index in [2.05, 4.69) is 16.3 Å². The third-order valence-corrected chi connectivity index (χ3v) is 4.84. The molecule has 1 heterocycles. The molecule has 0 unspecified atom stereocenters. The summed E-state index contributed by atoms with van der Waals surface area (Å²) in [4.78, 5) is 29.9. The van der Waals surface area contributed by atoms with Crippen molar-refractivity contribution in [3.63, 3.8) is 0 Å². The molecular formula is C24H29FN2O4. The number of carbonyl (C=O) groups is 2. The van der Waals surface area contributed by atoms with Crippen molar-refractivity contribution in [3.8, 4) is 17.0 Å². The molecule has 0 fully saturated rings. The number of unbranched alkanes of at least 4 members (excludes halogenated alkanes) is 2. The topological polar surface area (TPSA) is 68.7 Å². The van der Waals surface area contributed by atoms with Gasteiger partial charge >= 0.3 is 5.97 Å². The third kappa shape index (κ3) is 7.85. The lowest BCUT2D eigenvalue weighted by atomic mass is 10.1. The molecule has 0 radical (unpaired) electrons. The minimum absolute atomic E-state index is 0.00107. The summed E-state index contributed by atoms with van der Waals surface area (Å²) in [5.41, 5.74) is 2.56. The average Bonchev–Trinajstić information content (AvgIpc) is 2.79. The van der Waals surface area contributed by atoms with E-state index in [1.165, 1.54) is 7.11 Å². The third-order valence-electron chi connectivity index (χ3n) is 4.84. The maximum absolute atomic E-state index is 13.1. The van der Waals surface area contributed by atoms with Crippen LogP contribution in [0.4, 0.5) is 10.1 Å². The molecule has 1 aromatic carbocycles. The minimum Gasteiger partial charge on any atom is -0.481 e. The van der Waals surface area contributed by atoms with E-state index in [0.717, 1.165) is 23.2 Å². The van der Waals surface area contributed by atoms with Crippen molar-refractivity contribution in [2.75, 3.05) is 25.7 Å². The molecule has 0 aliphatic carbocycles. The van der Waals surface area contributed by atoms with Gasteiger partial charge in [0.2, 0.25) is 11.8 Å². The first-order valence-electron chi connectivity index (χ1n) is 10.3. The lowest BCUT2D eigenvalue weighted by Gasteiger charge is -2.24. The number of allylic oxidation sites excluding steroid dienone is 1. The van der Waals surface area contributed by atoms with Crippen LogP contribution in [-0.2, 0) is 14.3 Å². The number of pyridine rings is 1. The number of rotatable bonds is 12. The van der Waals surface area contributed by atoms with Crippen LogP contribution in [0.1, 0.15) is 38.5 Å². The molecule has 31 heavy (non-hydrogen) atoms. The standard InChI is InChI=1S/C24H29FN2O4/c1-18(25)11-12-23(28)27(15-6-4-5-10-24(29)31-3)21-9-7-8-19(16-21)20-13-14-26-22(17-20)30-2/h7-9,13-14,16-17H,1,4-6,10-12,15H2,2-3H3. The summed E-state index contributed by atoms with van der Waals surface area (Å²) in [6.45, 7) is 3.72. The number of hydrogen-bond donors (Lipinski definition) is 0. The molecule has 1 aromatic heterocycles. The second kappa shape index (κ2) is 12.5. The molecule has 0 atom stereocenters. The van der Waals surface area contributed by atoms with Crippen molar-refractivity contribution in [1.29, 1.82) is 0 Å². The average molecular weight is 429 g/mol. The molecule has 0 spiro atoms. The normalized spacial score (nSPS) is 10.4. The van der Waals surface area contributed by atoms with Gasteiger partial charge in [-0.15, -0.1) is 0 Å².